The van der Waals surface area contributed by atoms with Gasteiger partial charge in [-0.1, -0.05) is 15.9 Å². The molecule has 1 aliphatic rings. The maximum atomic E-state index is 5.43. The van der Waals surface area contributed by atoms with E-state index in [2.05, 4.69) is 39.3 Å². The minimum absolute atomic E-state index is 0. The summed E-state index contributed by atoms with van der Waals surface area (Å²) in [5, 5.41) is 3.42. The highest BCUT2D eigenvalue weighted by atomic mass is 79.9. The summed E-state index contributed by atoms with van der Waals surface area (Å²) in [5.74, 6) is 1.80. The minimum Gasteiger partial charge on any atom is -0.496 e. The molecule has 1 N–H and O–H groups in total. The van der Waals surface area contributed by atoms with Gasteiger partial charge in [0.1, 0.15) is 5.75 Å². The normalized spacial score (nSPS) is 16.0. The van der Waals surface area contributed by atoms with Crippen LogP contribution in [0.15, 0.2) is 22.7 Å². The number of benzene rings is 1. The molecule has 1 aromatic rings. The molecule has 0 amide bonds. The standard InChI is InChI=1S/C15H23BrN2O.ClH/c1-18(10-12-5-7-17-8-6-12)11-13-9-14(16)3-4-15(13)19-2;/h3-4,9,12,17H,5-8,10-11H2,1-2H3;1H. The molecule has 0 radical (unpaired) electrons. The van der Waals surface area contributed by atoms with Crippen molar-refractivity contribution >= 4 is 28.3 Å². The van der Waals surface area contributed by atoms with Gasteiger partial charge >= 0.3 is 0 Å². The van der Waals surface area contributed by atoms with E-state index in [-0.39, 0.29) is 12.4 Å². The van der Waals surface area contributed by atoms with Gasteiger partial charge in [0.15, 0.2) is 0 Å². The molecule has 114 valence electrons. The Morgan fingerprint density at radius 3 is 2.70 bits per heavy atom. The second-order valence-electron chi connectivity index (χ2n) is 5.35. The van der Waals surface area contributed by atoms with E-state index in [4.69, 9.17) is 4.74 Å². The average Bonchev–Trinajstić information content (AvgIpc) is 2.40. The van der Waals surface area contributed by atoms with Gasteiger partial charge in [-0.2, -0.15) is 0 Å². The Bertz CT molecular complexity index is 411. The predicted molar refractivity (Wildman–Crippen MR) is 89.9 cm³/mol. The number of nitrogens with one attached hydrogen (secondary N) is 1. The summed E-state index contributed by atoms with van der Waals surface area (Å²) in [6.07, 6.45) is 2.58. The lowest BCUT2D eigenvalue weighted by molar-refractivity contribution is 0.232. The number of hydrogen-bond acceptors (Lipinski definition) is 3. The molecular formula is C15H24BrClN2O. The zero-order chi connectivity index (χ0) is 13.7. The first kappa shape index (κ1) is 17.8. The Hall–Kier alpha value is -0.290. The summed E-state index contributed by atoms with van der Waals surface area (Å²) in [5.41, 5.74) is 1.24. The third kappa shape index (κ3) is 5.24. The summed E-state index contributed by atoms with van der Waals surface area (Å²) in [4.78, 5) is 2.40. The first-order valence-corrected chi connectivity index (χ1v) is 7.70. The van der Waals surface area contributed by atoms with Crippen LogP contribution in [0.4, 0.5) is 0 Å². The molecule has 1 saturated heterocycles. The molecular weight excluding hydrogens is 340 g/mol. The van der Waals surface area contributed by atoms with Crippen LogP contribution >= 0.6 is 28.3 Å². The molecule has 20 heavy (non-hydrogen) atoms. The van der Waals surface area contributed by atoms with E-state index in [1.807, 2.05) is 12.1 Å². The first-order chi connectivity index (χ1) is 9.19. The van der Waals surface area contributed by atoms with Gasteiger partial charge in [-0.15, -0.1) is 12.4 Å². The predicted octanol–water partition coefficient (Wildman–Crippen LogP) is 3.31. The Labute approximate surface area is 136 Å². The molecule has 1 aliphatic heterocycles. The highest BCUT2D eigenvalue weighted by Crippen LogP contribution is 2.24. The van der Waals surface area contributed by atoms with Gasteiger partial charge in [0, 0.05) is 23.1 Å². The largest absolute Gasteiger partial charge is 0.496 e. The maximum absolute atomic E-state index is 5.43. The van der Waals surface area contributed by atoms with Gasteiger partial charge in [-0.3, -0.25) is 0 Å². The molecule has 0 unspecified atom stereocenters. The fourth-order valence-electron chi connectivity index (χ4n) is 2.73. The Balaban J connectivity index is 0.00000200. The van der Waals surface area contributed by atoms with E-state index in [0.29, 0.717) is 0 Å². The second-order valence-corrected chi connectivity index (χ2v) is 6.26. The molecule has 3 nitrogen and oxygen atoms in total. The molecule has 0 atom stereocenters. The Kier molecular flexibility index (Phi) is 7.88. The highest BCUT2D eigenvalue weighted by Gasteiger charge is 2.16. The number of halogens is 2. The van der Waals surface area contributed by atoms with Crippen LogP contribution in [-0.4, -0.2) is 38.7 Å². The van der Waals surface area contributed by atoms with E-state index in [1.165, 1.54) is 31.5 Å². The number of methoxy groups -OCH3 is 1. The van der Waals surface area contributed by atoms with Crippen LogP contribution in [0, 0.1) is 5.92 Å². The van der Waals surface area contributed by atoms with E-state index < -0.39 is 0 Å². The maximum Gasteiger partial charge on any atom is 0.123 e. The van der Waals surface area contributed by atoms with E-state index >= 15 is 0 Å². The lowest BCUT2D eigenvalue weighted by Crippen LogP contribution is -2.34. The smallest absolute Gasteiger partial charge is 0.123 e. The van der Waals surface area contributed by atoms with Gasteiger partial charge in [0.2, 0.25) is 0 Å². The van der Waals surface area contributed by atoms with Crippen LogP contribution in [0.3, 0.4) is 0 Å². The molecule has 0 aliphatic carbocycles. The monoisotopic (exact) mass is 362 g/mol. The third-order valence-corrected chi connectivity index (χ3v) is 4.20. The summed E-state index contributed by atoms with van der Waals surface area (Å²) < 4.78 is 6.54. The van der Waals surface area contributed by atoms with Gasteiger partial charge < -0.3 is 15.0 Å². The second kappa shape index (κ2) is 8.88. The molecule has 0 aromatic heterocycles. The van der Waals surface area contributed by atoms with Crippen LogP contribution in [-0.2, 0) is 6.54 Å². The van der Waals surface area contributed by atoms with Crippen molar-refractivity contribution in [2.45, 2.75) is 19.4 Å². The summed E-state index contributed by atoms with van der Waals surface area (Å²) >= 11 is 3.53. The first-order valence-electron chi connectivity index (χ1n) is 6.90. The SMILES string of the molecule is COc1ccc(Br)cc1CN(C)CC1CCNCC1.Cl. The number of hydrogen-bond donors (Lipinski definition) is 1. The molecule has 1 heterocycles. The fraction of sp³-hybridized carbons (Fsp3) is 0.600. The van der Waals surface area contributed by atoms with Crippen LogP contribution in [0.1, 0.15) is 18.4 Å². The number of nitrogens with zero attached hydrogens (tertiary/aromatic N) is 1. The van der Waals surface area contributed by atoms with Gasteiger partial charge in [0.05, 0.1) is 7.11 Å². The number of ether oxygens (including phenoxy) is 1. The zero-order valence-electron chi connectivity index (χ0n) is 12.2. The number of piperidine rings is 1. The lowest BCUT2D eigenvalue weighted by atomic mass is 9.97. The van der Waals surface area contributed by atoms with E-state index in [0.717, 1.165) is 29.2 Å². The van der Waals surface area contributed by atoms with Crippen molar-refractivity contribution < 1.29 is 4.74 Å². The molecule has 0 saturated carbocycles. The van der Waals surface area contributed by atoms with E-state index in [1.54, 1.807) is 7.11 Å². The van der Waals surface area contributed by atoms with Crippen molar-refractivity contribution in [3.8, 4) is 5.75 Å². The van der Waals surface area contributed by atoms with Crippen LogP contribution in [0.2, 0.25) is 0 Å². The fourth-order valence-corrected chi connectivity index (χ4v) is 3.14. The summed E-state index contributed by atoms with van der Waals surface area (Å²) in [6.45, 7) is 4.43. The Morgan fingerprint density at radius 2 is 2.05 bits per heavy atom. The topological polar surface area (TPSA) is 24.5 Å². The summed E-state index contributed by atoms with van der Waals surface area (Å²) in [7, 11) is 3.93. The van der Waals surface area contributed by atoms with Crippen molar-refractivity contribution in [3.05, 3.63) is 28.2 Å². The molecule has 0 bridgehead atoms. The molecule has 0 spiro atoms. The van der Waals surface area contributed by atoms with Crippen LogP contribution in [0.25, 0.3) is 0 Å². The van der Waals surface area contributed by atoms with E-state index in [9.17, 15) is 0 Å². The summed E-state index contributed by atoms with van der Waals surface area (Å²) in [6, 6.07) is 6.20. The van der Waals surface area contributed by atoms with Crippen molar-refractivity contribution in [2.75, 3.05) is 33.8 Å². The molecule has 5 heteroatoms. The third-order valence-electron chi connectivity index (χ3n) is 3.71. The van der Waals surface area contributed by atoms with Crippen LogP contribution < -0.4 is 10.1 Å². The lowest BCUT2D eigenvalue weighted by Gasteiger charge is -2.27. The molecule has 2 rings (SSSR count). The molecule has 1 aromatic carbocycles. The van der Waals surface area contributed by atoms with Crippen molar-refractivity contribution in [2.24, 2.45) is 5.92 Å². The zero-order valence-corrected chi connectivity index (χ0v) is 14.6. The van der Waals surface area contributed by atoms with Gasteiger partial charge in [-0.25, -0.2) is 0 Å². The quantitative estimate of drug-likeness (QED) is 0.868. The van der Waals surface area contributed by atoms with Gasteiger partial charge in [-0.05, 0) is 57.1 Å². The average molecular weight is 364 g/mol. The Morgan fingerprint density at radius 1 is 1.35 bits per heavy atom. The van der Waals surface area contributed by atoms with Crippen LogP contribution in [0.5, 0.6) is 5.75 Å². The van der Waals surface area contributed by atoms with Crippen molar-refractivity contribution in [1.29, 1.82) is 0 Å². The number of rotatable bonds is 5. The van der Waals surface area contributed by atoms with Crippen molar-refractivity contribution in [3.63, 3.8) is 0 Å². The highest BCUT2D eigenvalue weighted by molar-refractivity contribution is 9.10. The molecule has 1 fully saturated rings. The minimum atomic E-state index is 0. The van der Waals surface area contributed by atoms with Crippen molar-refractivity contribution in [1.82, 2.24) is 10.2 Å². The van der Waals surface area contributed by atoms with Gasteiger partial charge in [0.25, 0.3) is 0 Å².